The van der Waals surface area contributed by atoms with Gasteiger partial charge in [0.1, 0.15) is 0 Å². The maximum atomic E-state index is 4.05. The van der Waals surface area contributed by atoms with Gasteiger partial charge in [0, 0.05) is 5.56 Å². The molecule has 1 aromatic heterocycles. The first-order valence-corrected chi connectivity index (χ1v) is 5.74. The van der Waals surface area contributed by atoms with Crippen molar-refractivity contribution in [2.45, 2.75) is 6.92 Å². The first-order chi connectivity index (χ1) is 8.84. The fraction of sp³-hybridized carbons (Fsp3) is 0.0714. The Kier molecular flexibility index (Phi) is 2.61. The van der Waals surface area contributed by atoms with Crippen LogP contribution in [0.25, 0.3) is 22.5 Å². The van der Waals surface area contributed by atoms with Crippen LogP contribution in [0.3, 0.4) is 0 Å². The standard InChI is InChI=1S/C14H12N4/c1-10-5-4-6-11(9-10)12-7-2-3-8-13(12)14-15-17-18-16-14/h2-9H,1H3,(H,15,16,17,18). The highest BCUT2D eigenvalue weighted by Crippen LogP contribution is 2.29. The molecule has 3 rings (SSSR count). The minimum Gasteiger partial charge on any atom is -0.177 e. The Morgan fingerprint density at radius 3 is 2.50 bits per heavy atom. The quantitative estimate of drug-likeness (QED) is 0.744. The highest BCUT2D eigenvalue weighted by atomic mass is 15.5. The molecule has 4 heteroatoms. The zero-order chi connectivity index (χ0) is 12.4. The molecule has 1 heterocycles. The van der Waals surface area contributed by atoms with Crippen molar-refractivity contribution in [3.05, 3.63) is 54.1 Å². The second-order valence-corrected chi connectivity index (χ2v) is 4.15. The molecular weight excluding hydrogens is 224 g/mol. The third-order valence-corrected chi connectivity index (χ3v) is 2.84. The van der Waals surface area contributed by atoms with Crippen LogP contribution in [0.2, 0.25) is 0 Å². The third kappa shape index (κ3) is 1.88. The first kappa shape index (κ1) is 10.7. The second-order valence-electron chi connectivity index (χ2n) is 4.15. The predicted octanol–water partition coefficient (Wildman–Crippen LogP) is 2.84. The molecule has 88 valence electrons. The topological polar surface area (TPSA) is 54.5 Å². The van der Waals surface area contributed by atoms with Gasteiger partial charge in [-0.05, 0) is 23.3 Å². The second kappa shape index (κ2) is 4.41. The fourth-order valence-corrected chi connectivity index (χ4v) is 2.02. The third-order valence-electron chi connectivity index (χ3n) is 2.84. The summed E-state index contributed by atoms with van der Waals surface area (Å²) in [6.45, 7) is 2.08. The summed E-state index contributed by atoms with van der Waals surface area (Å²) in [5.74, 6) is 0.618. The van der Waals surface area contributed by atoms with Gasteiger partial charge in [-0.15, -0.1) is 10.2 Å². The number of rotatable bonds is 2. The molecule has 0 aliphatic rings. The maximum Gasteiger partial charge on any atom is 0.205 e. The van der Waals surface area contributed by atoms with Crippen molar-refractivity contribution in [1.29, 1.82) is 0 Å². The smallest absolute Gasteiger partial charge is 0.177 e. The summed E-state index contributed by atoms with van der Waals surface area (Å²) in [5.41, 5.74) is 4.49. The highest BCUT2D eigenvalue weighted by Gasteiger charge is 2.10. The first-order valence-electron chi connectivity index (χ1n) is 5.74. The lowest BCUT2D eigenvalue weighted by Gasteiger charge is -2.07. The number of hydrogen-bond donors (Lipinski definition) is 1. The summed E-state index contributed by atoms with van der Waals surface area (Å²) >= 11 is 0. The number of aromatic nitrogens is 4. The molecule has 0 aliphatic carbocycles. The van der Waals surface area contributed by atoms with Crippen molar-refractivity contribution in [2.24, 2.45) is 0 Å². The molecule has 1 N–H and O–H groups in total. The molecule has 0 saturated carbocycles. The van der Waals surface area contributed by atoms with Crippen LogP contribution in [0.5, 0.6) is 0 Å². The van der Waals surface area contributed by atoms with Crippen LogP contribution in [0.15, 0.2) is 48.5 Å². The number of H-pyrrole nitrogens is 1. The lowest BCUT2D eigenvalue weighted by atomic mass is 9.98. The molecule has 2 aromatic carbocycles. The summed E-state index contributed by atoms with van der Waals surface area (Å²) in [4.78, 5) is 0. The summed E-state index contributed by atoms with van der Waals surface area (Å²) < 4.78 is 0. The highest BCUT2D eigenvalue weighted by molar-refractivity contribution is 5.80. The molecule has 0 unspecified atom stereocenters. The molecule has 0 saturated heterocycles. The summed E-state index contributed by atoms with van der Waals surface area (Å²) in [6.07, 6.45) is 0. The van der Waals surface area contributed by atoms with E-state index in [9.17, 15) is 0 Å². The van der Waals surface area contributed by atoms with Crippen molar-refractivity contribution < 1.29 is 0 Å². The van der Waals surface area contributed by atoms with Crippen molar-refractivity contribution in [2.75, 3.05) is 0 Å². The van der Waals surface area contributed by atoms with E-state index in [1.54, 1.807) is 0 Å². The molecule has 0 bridgehead atoms. The van der Waals surface area contributed by atoms with Gasteiger partial charge < -0.3 is 0 Å². The molecule has 0 radical (unpaired) electrons. The number of benzene rings is 2. The number of hydrogen-bond acceptors (Lipinski definition) is 3. The van der Waals surface area contributed by atoms with Crippen molar-refractivity contribution >= 4 is 0 Å². The maximum absolute atomic E-state index is 4.05. The van der Waals surface area contributed by atoms with Crippen LogP contribution < -0.4 is 0 Å². The molecule has 3 aromatic rings. The van der Waals surface area contributed by atoms with E-state index in [1.807, 2.05) is 18.2 Å². The molecule has 4 nitrogen and oxygen atoms in total. The molecule has 0 spiro atoms. The summed E-state index contributed by atoms with van der Waals surface area (Å²) in [7, 11) is 0. The lowest BCUT2D eigenvalue weighted by molar-refractivity contribution is 0.881. The SMILES string of the molecule is Cc1cccc(-c2ccccc2-c2nn[nH]n2)c1. The van der Waals surface area contributed by atoms with E-state index in [1.165, 1.54) is 5.56 Å². The number of aryl methyl sites for hydroxylation is 1. The fourth-order valence-electron chi connectivity index (χ4n) is 2.02. The molecule has 18 heavy (non-hydrogen) atoms. The van der Waals surface area contributed by atoms with E-state index in [4.69, 9.17) is 0 Å². The minimum absolute atomic E-state index is 0.618. The van der Waals surface area contributed by atoms with Crippen LogP contribution in [-0.4, -0.2) is 20.6 Å². The molecular formula is C14H12N4. The van der Waals surface area contributed by atoms with E-state index in [2.05, 4.69) is 57.9 Å². The van der Waals surface area contributed by atoms with Gasteiger partial charge in [-0.3, -0.25) is 0 Å². The Hall–Kier alpha value is -2.49. The van der Waals surface area contributed by atoms with Crippen LogP contribution in [0.4, 0.5) is 0 Å². The molecule has 0 amide bonds. The van der Waals surface area contributed by atoms with E-state index >= 15 is 0 Å². The monoisotopic (exact) mass is 236 g/mol. The van der Waals surface area contributed by atoms with Crippen LogP contribution >= 0.6 is 0 Å². The number of aromatic amines is 1. The van der Waals surface area contributed by atoms with Crippen LogP contribution in [-0.2, 0) is 0 Å². The van der Waals surface area contributed by atoms with Crippen molar-refractivity contribution in [3.63, 3.8) is 0 Å². The largest absolute Gasteiger partial charge is 0.205 e. The number of nitrogens with one attached hydrogen (secondary N) is 1. The van der Waals surface area contributed by atoms with Crippen LogP contribution in [0, 0.1) is 6.92 Å². The van der Waals surface area contributed by atoms with Gasteiger partial charge in [0.15, 0.2) is 0 Å². The van der Waals surface area contributed by atoms with Gasteiger partial charge in [0.05, 0.1) is 0 Å². The van der Waals surface area contributed by atoms with Gasteiger partial charge in [0.2, 0.25) is 5.82 Å². The molecule has 0 atom stereocenters. The Morgan fingerprint density at radius 2 is 1.78 bits per heavy atom. The predicted molar refractivity (Wildman–Crippen MR) is 69.8 cm³/mol. The Bertz CT molecular complexity index is 659. The normalized spacial score (nSPS) is 10.5. The van der Waals surface area contributed by atoms with E-state index in [-0.39, 0.29) is 0 Å². The zero-order valence-corrected chi connectivity index (χ0v) is 9.96. The molecule has 0 aliphatic heterocycles. The zero-order valence-electron chi connectivity index (χ0n) is 9.96. The summed E-state index contributed by atoms with van der Waals surface area (Å²) in [6, 6.07) is 16.4. The average Bonchev–Trinajstić information content (AvgIpc) is 2.92. The van der Waals surface area contributed by atoms with E-state index < -0.39 is 0 Å². The van der Waals surface area contributed by atoms with Gasteiger partial charge in [-0.1, -0.05) is 54.1 Å². The Balaban J connectivity index is 2.18. The number of nitrogens with zero attached hydrogens (tertiary/aromatic N) is 3. The Labute approximate surface area is 105 Å². The summed E-state index contributed by atoms with van der Waals surface area (Å²) in [5, 5.41) is 14.2. The van der Waals surface area contributed by atoms with Gasteiger partial charge in [0.25, 0.3) is 0 Å². The van der Waals surface area contributed by atoms with E-state index in [0.717, 1.165) is 16.7 Å². The van der Waals surface area contributed by atoms with Crippen molar-refractivity contribution in [1.82, 2.24) is 20.6 Å². The lowest BCUT2D eigenvalue weighted by Crippen LogP contribution is -1.87. The average molecular weight is 236 g/mol. The minimum atomic E-state index is 0.618. The Morgan fingerprint density at radius 1 is 0.944 bits per heavy atom. The van der Waals surface area contributed by atoms with Crippen molar-refractivity contribution in [3.8, 4) is 22.5 Å². The van der Waals surface area contributed by atoms with Gasteiger partial charge >= 0.3 is 0 Å². The molecule has 0 fully saturated rings. The van der Waals surface area contributed by atoms with Gasteiger partial charge in [-0.2, -0.15) is 5.21 Å². The van der Waals surface area contributed by atoms with Gasteiger partial charge in [-0.25, -0.2) is 0 Å². The van der Waals surface area contributed by atoms with E-state index in [0.29, 0.717) is 5.82 Å². The van der Waals surface area contributed by atoms with Crippen LogP contribution in [0.1, 0.15) is 5.56 Å². The number of tetrazole rings is 1.